The standard InChI is InChI=1S/C12H20N4O2S/c1-3-13-6-10-7-14-8-12(15-10)16(2)11-4-5-19(17,18)9-11/h7-8,11,13H,3-6,9H2,1-2H3. The highest BCUT2D eigenvalue weighted by Gasteiger charge is 2.31. The van der Waals surface area contributed by atoms with Crippen LogP contribution >= 0.6 is 0 Å². The Morgan fingerprint density at radius 3 is 2.89 bits per heavy atom. The van der Waals surface area contributed by atoms with Crippen molar-refractivity contribution in [3.05, 3.63) is 18.1 Å². The first-order chi connectivity index (χ1) is 9.02. The average Bonchev–Trinajstić information content (AvgIpc) is 2.76. The van der Waals surface area contributed by atoms with E-state index >= 15 is 0 Å². The summed E-state index contributed by atoms with van der Waals surface area (Å²) in [5.41, 5.74) is 0.868. The third-order valence-corrected chi connectivity index (χ3v) is 5.10. The fourth-order valence-electron chi connectivity index (χ4n) is 2.17. The van der Waals surface area contributed by atoms with Crippen molar-refractivity contribution in [2.75, 3.05) is 30.0 Å². The predicted octanol–water partition coefficient (Wildman–Crippen LogP) is 0.209. The summed E-state index contributed by atoms with van der Waals surface area (Å²) in [4.78, 5) is 10.6. The van der Waals surface area contributed by atoms with Crippen LogP contribution in [0.25, 0.3) is 0 Å². The molecule has 2 heterocycles. The van der Waals surface area contributed by atoms with Gasteiger partial charge < -0.3 is 10.2 Å². The van der Waals surface area contributed by atoms with Gasteiger partial charge in [0.2, 0.25) is 0 Å². The van der Waals surface area contributed by atoms with E-state index in [1.54, 1.807) is 12.4 Å². The van der Waals surface area contributed by atoms with Gasteiger partial charge in [-0.2, -0.15) is 0 Å². The lowest BCUT2D eigenvalue weighted by molar-refractivity contribution is 0.600. The molecule has 0 radical (unpaired) electrons. The van der Waals surface area contributed by atoms with Gasteiger partial charge in [-0.3, -0.25) is 4.98 Å². The summed E-state index contributed by atoms with van der Waals surface area (Å²) >= 11 is 0. The molecule has 0 saturated carbocycles. The first kappa shape index (κ1) is 14.2. The molecule has 1 aliphatic rings. The van der Waals surface area contributed by atoms with E-state index in [-0.39, 0.29) is 17.5 Å². The molecule has 1 fully saturated rings. The van der Waals surface area contributed by atoms with Crippen molar-refractivity contribution in [1.82, 2.24) is 15.3 Å². The molecule has 0 aromatic carbocycles. The normalized spacial score (nSPS) is 21.5. The Morgan fingerprint density at radius 2 is 2.26 bits per heavy atom. The lowest BCUT2D eigenvalue weighted by Gasteiger charge is -2.24. The second kappa shape index (κ2) is 5.83. The van der Waals surface area contributed by atoms with Crippen LogP contribution in [0, 0.1) is 0 Å². The molecule has 2 rings (SSSR count). The van der Waals surface area contributed by atoms with Crippen LogP contribution in [0.15, 0.2) is 12.4 Å². The number of anilines is 1. The van der Waals surface area contributed by atoms with Crippen molar-refractivity contribution in [3.8, 4) is 0 Å². The Hall–Kier alpha value is -1.21. The fraction of sp³-hybridized carbons (Fsp3) is 0.667. The number of nitrogens with zero attached hydrogens (tertiary/aromatic N) is 3. The summed E-state index contributed by atoms with van der Waals surface area (Å²) in [6.07, 6.45) is 4.07. The highest BCUT2D eigenvalue weighted by Crippen LogP contribution is 2.20. The van der Waals surface area contributed by atoms with Gasteiger partial charge in [0.25, 0.3) is 0 Å². The van der Waals surface area contributed by atoms with Crippen LogP contribution in [-0.4, -0.2) is 49.5 Å². The number of sulfone groups is 1. The molecule has 0 bridgehead atoms. The maximum Gasteiger partial charge on any atom is 0.152 e. The molecule has 19 heavy (non-hydrogen) atoms. The predicted molar refractivity (Wildman–Crippen MR) is 74.9 cm³/mol. The third-order valence-electron chi connectivity index (χ3n) is 3.35. The Labute approximate surface area is 114 Å². The van der Waals surface area contributed by atoms with Crippen molar-refractivity contribution >= 4 is 15.7 Å². The molecule has 1 saturated heterocycles. The molecule has 106 valence electrons. The monoisotopic (exact) mass is 284 g/mol. The summed E-state index contributed by atoms with van der Waals surface area (Å²) in [5.74, 6) is 1.22. The van der Waals surface area contributed by atoms with Gasteiger partial charge in [-0.15, -0.1) is 0 Å². The first-order valence-corrected chi connectivity index (χ1v) is 8.29. The van der Waals surface area contributed by atoms with E-state index in [0.29, 0.717) is 13.0 Å². The molecule has 1 unspecified atom stereocenters. The number of aromatic nitrogens is 2. The minimum Gasteiger partial charge on any atom is -0.354 e. The van der Waals surface area contributed by atoms with Crippen LogP contribution in [0.4, 0.5) is 5.82 Å². The Balaban J connectivity index is 2.08. The first-order valence-electron chi connectivity index (χ1n) is 6.46. The van der Waals surface area contributed by atoms with Crippen LogP contribution in [-0.2, 0) is 16.4 Å². The van der Waals surface area contributed by atoms with Gasteiger partial charge in [-0.25, -0.2) is 13.4 Å². The minimum absolute atomic E-state index is 0.00804. The van der Waals surface area contributed by atoms with E-state index in [2.05, 4.69) is 15.3 Å². The van der Waals surface area contributed by atoms with Crippen molar-refractivity contribution in [2.24, 2.45) is 0 Å². The summed E-state index contributed by atoms with van der Waals surface area (Å²) < 4.78 is 23.0. The largest absolute Gasteiger partial charge is 0.354 e. The second-order valence-electron chi connectivity index (χ2n) is 4.82. The van der Waals surface area contributed by atoms with Gasteiger partial charge in [-0.05, 0) is 13.0 Å². The van der Waals surface area contributed by atoms with Crippen molar-refractivity contribution in [1.29, 1.82) is 0 Å². The number of rotatable bonds is 5. The summed E-state index contributed by atoms with van der Waals surface area (Å²) in [6, 6.07) is 0.00804. The Bertz CT molecular complexity index is 532. The minimum atomic E-state index is -2.87. The Morgan fingerprint density at radius 1 is 1.47 bits per heavy atom. The van der Waals surface area contributed by atoms with Crippen LogP contribution in [0.2, 0.25) is 0 Å². The summed E-state index contributed by atoms with van der Waals surface area (Å²) in [6.45, 7) is 3.59. The molecule has 0 amide bonds. The van der Waals surface area contributed by atoms with E-state index in [1.165, 1.54) is 0 Å². The van der Waals surface area contributed by atoms with Crippen LogP contribution in [0.3, 0.4) is 0 Å². The molecule has 1 atom stereocenters. The van der Waals surface area contributed by atoms with E-state index in [4.69, 9.17) is 0 Å². The van der Waals surface area contributed by atoms with E-state index in [1.807, 2.05) is 18.9 Å². The number of nitrogens with one attached hydrogen (secondary N) is 1. The molecule has 1 aliphatic heterocycles. The van der Waals surface area contributed by atoms with Gasteiger partial charge in [0, 0.05) is 25.8 Å². The van der Waals surface area contributed by atoms with Gasteiger partial charge in [0.05, 0.1) is 23.4 Å². The average molecular weight is 284 g/mol. The number of hydrogen-bond acceptors (Lipinski definition) is 6. The lowest BCUT2D eigenvalue weighted by Crippen LogP contribution is -2.33. The molecular weight excluding hydrogens is 264 g/mol. The van der Waals surface area contributed by atoms with Gasteiger partial charge in [0.15, 0.2) is 9.84 Å². The number of hydrogen-bond donors (Lipinski definition) is 1. The van der Waals surface area contributed by atoms with Gasteiger partial charge in [-0.1, -0.05) is 6.92 Å². The highest BCUT2D eigenvalue weighted by atomic mass is 32.2. The van der Waals surface area contributed by atoms with Crippen LogP contribution in [0.1, 0.15) is 19.0 Å². The Kier molecular flexibility index (Phi) is 4.36. The lowest BCUT2D eigenvalue weighted by atomic mass is 10.2. The van der Waals surface area contributed by atoms with Crippen molar-refractivity contribution in [3.63, 3.8) is 0 Å². The van der Waals surface area contributed by atoms with E-state index in [9.17, 15) is 8.42 Å². The van der Waals surface area contributed by atoms with Crippen LogP contribution < -0.4 is 10.2 Å². The highest BCUT2D eigenvalue weighted by molar-refractivity contribution is 7.91. The smallest absolute Gasteiger partial charge is 0.152 e. The zero-order chi connectivity index (χ0) is 13.9. The van der Waals surface area contributed by atoms with Crippen molar-refractivity contribution in [2.45, 2.75) is 25.9 Å². The molecule has 6 nitrogen and oxygen atoms in total. The molecule has 7 heteroatoms. The zero-order valence-corrected chi connectivity index (χ0v) is 12.2. The molecular formula is C12H20N4O2S. The van der Waals surface area contributed by atoms with Gasteiger partial charge in [0.1, 0.15) is 5.82 Å². The molecule has 0 aliphatic carbocycles. The SMILES string of the molecule is CCNCc1cncc(N(C)C2CCS(=O)(=O)C2)n1. The summed E-state index contributed by atoms with van der Waals surface area (Å²) in [5, 5.41) is 3.20. The van der Waals surface area contributed by atoms with Crippen molar-refractivity contribution < 1.29 is 8.42 Å². The third kappa shape index (κ3) is 3.63. The zero-order valence-electron chi connectivity index (χ0n) is 11.3. The molecule has 0 spiro atoms. The van der Waals surface area contributed by atoms with E-state index < -0.39 is 9.84 Å². The molecule has 1 N–H and O–H groups in total. The van der Waals surface area contributed by atoms with Crippen LogP contribution in [0.5, 0.6) is 0 Å². The topological polar surface area (TPSA) is 75.2 Å². The second-order valence-corrected chi connectivity index (χ2v) is 7.05. The fourth-order valence-corrected chi connectivity index (χ4v) is 3.95. The summed E-state index contributed by atoms with van der Waals surface area (Å²) in [7, 11) is -0.993. The maximum atomic E-state index is 11.5. The molecule has 1 aromatic rings. The molecule has 1 aromatic heterocycles. The van der Waals surface area contributed by atoms with Gasteiger partial charge >= 0.3 is 0 Å². The maximum absolute atomic E-state index is 11.5. The quantitative estimate of drug-likeness (QED) is 0.833. The van der Waals surface area contributed by atoms with E-state index in [0.717, 1.165) is 18.1 Å².